The lowest BCUT2D eigenvalue weighted by Crippen LogP contribution is -2.13. The van der Waals surface area contributed by atoms with E-state index in [2.05, 4.69) is 37.0 Å². The summed E-state index contributed by atoms with van der Waals surface area (Å²) in [6.07, 6.45) is 1.58. The van der Waals surface area contributed by atoms with Gasteiger partial charge in [0.15, 0.2) is 0 Å². The lowest BCUT2D eigenvalue weighted by Gasteiger charge is -2.14. The maximum Gasteiger partial charge on any atom is 0.247 e. The van der Waals surface area contributed by atoms with Gasteiger partial charge in [-0.15, -0.1) is 0 Å². The van der Waals surface area contributed by atoms with E-state index in [1.807, 2.05) is 60.7 Å². The van der Waals surface area contributed by atoms with Crippen LogP contribution in [-0.2, 0) is 0 Å². The number of rotatable bonds is 5. The Morgan fingerprint density at radius 3 is 2.10 bits per heavy atom. The molecule has 31 heavy (non-hydrogen) atoms. The van der Waals surface area contributed by atoms with Crippen LogP contribution in [0.4, 0.5) is 5.95 Å². The summed E-state index contributed by atoms with van der Waals surface area (Å²) >= 11 is 6.89. The zero-order chi connectivity index (χ0) is 21.8. The molecule has 0 spiro atoms. The number of anilines is 1. The molecule has 1 heterocycles. The van der Waals surface area contributed by atoms with Gasteiger partial charge in [-0.2, -0.15) is 5.10 Å². The molecule has 0 atom stereocenters. The average Bonchev–Trinajstić information content (AvgIpc) is 2.80. The third-order valence-electron chi connectivity index (χ3n) is 4.57. The zero-order valence-electron chi connectivity index (χ0n) is 16.6. The first-order valence-electron chi connectivity index (χ1n) is 9.46. The Balaban J connectivity index is 1.75. The van der Waals surface area contributed by atoms with Crippen LogP contribution in [0.3, 0.4) is 0 Å². The third kappa shape index (κ3) is 5.18. The fraction of sp³-hybridized carbons (Fsp3) is 0.0417. The highest BCUT2D eigenvalue weighted by Crippen LogP contribution is 2.27. The number of nitrogens with zero attached hydrogens (tertiary/aromatic N) is 4. The van der Waals surface area contributed by atoms with Crippen LogP contribution < -0.4 is 5.01 Å². The van der Waals surface area contributed by atoms with Crippen LogP contribution in [-0.4, -0.2) is 28.3 Å². The van der Waals surface area contributed by atoms with Crippen LogP contribution in [0.2, 0.25) is 0 Å². The van der Waals surface area contributed by atoms with Gasteiger partial charge in [-0.05, 0) is 36.4 Å². The van der Waals surface area contributed by atoms with Crippen LogP contribution in [0.1, 0.15) is 5.56 Å². The minimum Gasteiger partial charge on any atom is -0.507 e. The minimum absolute atomic E-state index is 0.148. The summed E-state index contributed by atoms with van der Waals surface area (Å²) in [5.74, 6) is 0.597. The number of aromatic nitrogens is 2. The number of hydrogen-bond donors (Lipinski definition) is 1. The Bertz CT molecular complexity index is 1230. The molecule has 0 aliphatic carbocycles. The highest BCUT2D eigenvalue weighted by Gasteiger charge is 2.12. The number of halogens is 2. The second-order valence-electron chi connectivity index (χ2n) is 6.78. The van der Waals surface area contributed by atoms with Gasteiger partial charge in [-0.3, -0.25) is 0 Å². The molecule has 1 N–H and O–H groups in total. The lowest BCUT2D eigenvalue weighted by atomic mass is 10.1. The van der Waals surface area contributed by atoms with Crippen molar-refractivity contribution in [3.63, 3.8) is 0 Å². The van der Waals surface area contributed by atoms with E-state index in [9.17, 15) is 5.11 Å². The number of hydrogen-bond acceptors (Lipinski definition) is 5. The molecule has 154 valence electrons. The monoisotopic (exact) mass is 536 g/mol. The van der Waals surface area contributed by atoms with Crippen LogP contribution in [0, 0.1) is 0 Å². The van der Waals surface area contributed by atoms with Crippen LogP contribution in [0.5, 0.6) is 5.75 Å². The van der Waals surface area contributed by atoms with E-state index in [4.69, 9.17) is 9.97 Å². The van der Waals surface area contributed by atoms with Gasteiger partial charge in [0, 0.05) is 32.7 Å². The smallest absolute Gasteiger partial charge is 0.247 e. The molecule has 3 aromatic carbocycles. The lowest BCUT2D eigenvalue weighted by molar-refractivity contribution is 0.474. The molecule has 7 heteroatoms. The van der Waals surface area contributed by atoms with Crippen molar-refractivity contribution in [3.8, 4) is 28.3 Å². The predicted octanol–water partition coefficient (Wildman–Crippen LogP) is 6.51. The summed E-state index contributed by atoms with van der Waals surface area (Å²) in [6.45, 7) is 0. The summed E-state index contributed by atoms with van der Waals surface area (Å²) in [5.41, 5.74) is 4.16. The van der Waals surface area contributed by atoms with E-state index in [-0.39, 0.29) is 5.75 Å². The highest BCUT2D eigenvalue weighted by molar-refractivity contribution is 9.10. The SMILES string of the molecule is CN(N=Cc1cc(Br)ccc1O)c1nc(-c2ccccc2)cc(-c2ccc(Br)cc2)n1. The summed E-state index contributed by atoms with van der Waals surface area (Å²) in [6, 6.07) is 25.1. The molecule has 4 aromatic rings. The van der Waals surface area contributed by atoms with Gasteiger partial charge in [0.1, 0.15) is 5.75 Å². The van der Waals surface area contributed by atoms with E-state index < -0.39 is 0 Å². The van der Waals surface area contributed by atoms with Gasteiger partial charge < -0.3 is 5.11 Å². The topological polar surface area (TPSA) is 61.6 Å². The summed E-state index contributed by atoms with van der Waals surface area (Å²) < 4.78 is 1.86. The second-order valence-corrected chi connectivity index (χ2v) is 8.61. The first-order chi connectivity index (χ1) is 15.0. The molecular weight excluding hydrogens is 520 g/mol. The molecule has 0 saturated heterocycles. The number of aromatic hydroxyl groups is 1. The summed E-state index contributed by atoms with van der Waals surface area (Å²) in [4.78, 5) is 9.44. The Hall–Kier alpha value is -3.03. The van der Waals surface area contributed by atoms with Crippen molar-refractivity contribution >= 4 is 44.0 Å². The number of phenols is 1. The fourth-order valence-electron chi connectivity index (χ4n) is 2.93. The van der Waals surface area contributed by atoms with Crippen LogP contribution >= 0.6 is 31.9 Å². The molecule has 0 aliphatic heterocycles. The Morgan fingerprint density at radius 2 is 1.42 bits per heavy atom. The fourth-order valence-corrected chi connectivity index (χ4v) is 3.58. The van der Waals surface area contributed by atoms with Crippen molar-refractivity contribution in [3.05, 3.63) is 93.4 Å². The maximum absolute atomic E-state index is 10.1. The van der Waals surface area contributed by atoms with Gasteiger partial charge in [-0.1, -0.05) is 74.3 Å². The van der Waals surface area contributed by atoms with E-state index in [0.717, 1.165) is 31.5 Å². The standard InChI is InChI=1S/C24H18Br2N4O/c1-30(27-15-18-13-20(26)11-12-23(18)31)24-28-21(16-5-3-2-4-6-16)14-22(29-24)17-7-9-19(25)10-8-17/h2-15,31H,1H3. The predicted molar refractivity (Wildman–Crippen MR) is 132 cm³/mol. The maximum atomic E-state index is 10.1. The average molecular weight is 538 g/mol. The number of phenolic OH excluding ortho intramolecular Hbond substituents is 1. The zero-order valence-corrected chi connectivity index (χ0v) is 19.7. The van der Waals surface area contributed by atoms with Crippen molar-refractivity contribution in [2.45, 2.75) is 0 Å². The van der Waals surface area contributed by atoms with Gasteiger partial charge in [0.05, 0.1) is 17.6 Å². The first-order valence-corrected chi connectivity index (χ1v) is 11.0. The first kappa shape index (κ1) is 21.2. The van der Waals surface area contributed by atoms with Crippen molar-refractivity contribution in [1.29, 1.82) is 0 Å². The molecule has 0 aliphatic rings. The van der Waals surface area contributed by atoms with Crippen LogP contribution in [0.25, 0.3) is 22.5 Å². The molecule has 0 unspecified atom stereocenters. The summed E-state index contributed by atoms with van der Waals surface area (Å²) in [7, 11) is 1.78. The normalized spacial score (nSPS) is 11.1. The molecule has 0 radical (unpaired) electrons. The van der Waals surface area contributed by atoms with Gasteiger partial charge in [-0.25, -0.2) is 15.0 Å². The molecule has 0 bridgehead atoms. The molecule has 5 nitrogen and oxygen atoms in total. The molecule has 0 fully saturated rings. The van der Waals surface area contributed by atoms with Gasteiger partial charge in [0.25, 0.3) is 0 Å². The molecular formula is C24H18Br2N4O. The summed E-state index contributed by atoms with van der Waals surface area (Å²) in [5, 5.41) is 16.1. The van der Waals surface area contributed by atoms with Crippen molar-refractivity contribution < 1.29 is 5.11 Å². The van der Waals surface area contributed by atoms with E-state index in [1.165, 1.54) is 0 Å². The number of benzene rings is 3. The molecule has 0 amide bonds. The number of hydrazone groups is 1. The van der Waals surface area contributed by atoms with Crippen molar-refractivity contribution in [1.82, 2.24) is 9.97 Å². The largest absolute Gasteiger partial charge is 0.507 e. The Kier molecular flexibility index (Phi) is 6.44. The Morgan fingerprint density at radius 1 is 0.806 bits per heavy atom. The Labute approximate surface area is 197 Å². The van der Waals surface area contributed by atoms with Gasteiger partial charge in [0.2, 0.25) is 5.95 Å². The highest BCUT2D eigenvalue weighted by atomic mass is 79.9. The second kappa shape index (κ2) is 9.41. The van der Waals surface area contributed by atoms with E-state index in [1.54, 1.807) is 36.5 Å². The van der Waals surface area contributed by atoms with Crippen LogP contribution in [0.15, 0.2) is 92.9 Å². The van der Waals surface area contributed by atoms with Crippen molar-refractivity contribution in [2.24, 2.45) is 5.10 Å². The van der Waals surface area contributed by atoms with Crippen molar-refractivity contribution in [2.75, 3.05) is 12.1 Å². The minimum atomic E-state index is 0.148. The third-order valence-corrected chi connectivity index (χ3v) is 5.59. The molecule has 1 aromatic heterocycles. The van der Waals surface area contributed by atoms with Gasteiger partial charge >= 0.3 is 0 Å². The van der Waals surface area contributed by atoms with E-state index >= 15 is 0 Å². The van der Waals surface area contributed by atoms with E-state index in [0.29, 0.717) is 11.5 Å². The quantitative estimate of drug-likeness (QED) is 0.233. The molecule has 0 saturated carbocycles. The molecule has 4 rings (SSSR count).